The van der Waals surface area contributed by atoms with Crippen molar-refractivity contribution in [1.29, 1.82) is 0 Å². The van der Waals surface area contributed by atoms with Crippen LogP contribution in [0.3, 0.4) is 0 Å². The number of hydrogen-bond acceptors (Lipinski definition) is 4. The van der Waals surface area contributed by atoms with Gasteiger partial charge in [-0.3, -0.25) is 4.79 Å². The van der Waals surface area contributed by atoms with Crippen LogP contribution in [0, 0.1) is 0 Å². The molecule has 1 aromatic carbocycles. The largest absolute Gasteiger partial charge is 0.336 e. The van der Waals surface area contributed by atoms with Crippen molar-refractivity contribution < 1.29 is 13.2 Å². The Balaban J connectivity index is 2.28. The number of sulfonamides is 1. The lowest BCUT2D eigenvalue weighted by Gasteiger charge is -2.32. The van der Waals surface area contributed by atoms with Gasteiger partial charge in [-0.25, -0.2) is 12.7 Å². The Kier molecular flexibility index (Phi) is 5.26. The number of carbonyl (C=O) groups excluding carboxylic acids is 1. The van der Waals surface area contributed by atoms with Gasteiger partial charge in [0.2, 0.25) is 10.0 Å². The highest BCUT2D eigenvalue weighted by Crippen LogP contribution is 2.25. The van der Waals surface area contributed by atoms with Crippen LogP contribution < -0.4 is 5.32 Å². The second-order valence-electron chi connectivity index (χ2n) is 5.54. The molecule has 0 aromatic heterocycles. The number of benzene rings is 1. The molecule has 0 radical (unpaired) electrons. The van der Waals surface area contributed by atoms with Gasteiger partial charge in [0.1, 0.15) is 0 Å². The van der Waals surface area contributed by atoms with Crippen LogP contribution in [0.4, 0.5) is 0 Å². The van der Waals surface area contributed by atoms with E-state index in [1.807, 2.05) is 6.92 Å². The van der Waals surface area contributed by atoms with Crippen molar-refractivity contribution in [3.05, 3.63) is 28.2 Å². The Hall–Kier alpha value is -0.960. The third-order valence-electron chi connectivity index (χ3n) is 3.59. The SMILES string of the molecule is CC1CN(C(=O)c2ccc(S(=O)(=O)N(C)C)c(Br)c2)CCN1. The number of piperazine rings is 1. The topological polar surface area (TPSA) is 69.7 Å². The van der Waals surface area contributed by atoms with Gasteiger partial charge in [-0.05, 0) is 41.1 Å². The van der Waals surface area contributed by atoms with Crippen molar-refractivity contribution in [2.75, 3.05) is 33.7 Å². The standard InChI is InChI=1S/C14H20BrN3O3S/c1-10-9-18(7-6-16-10)14(19)11-4-5-13(12(15)8-11)22(20,21)17(2)3/h4-5,8,10,16H,6-7,9H2,1-3H3. The van der Waals surface area contributed by atoms with Gasteiger partial charge in [0.15, 0.2) is 0 Å². The third-order valence-corrected chi connectivity index (χ3v) is 6.39. The molecule has 22 heavy (non-hydrogen) atoms. The average molecular weight is 390 g/mol. The minimum Gasteiger partial charge on any atom is -0.336 e. The summed E-state index contributed by atoms with van der Waals surface area (Å²) in [4.78, 5) is 14.4. The monoisotopic (exact) mass is 389 g/mol. The summed E-state index contributed by atoms with van der Waals surface area (Å²) in [6, 6.07) is 4.87. The Morgan fingerprint density at radius 1 is 1.41 bits per heavy atom. The lowest BCUT2D eigenvalue weighted by atomic mass is 10.1. The first-order chi connectivity index (χ1) is 10.2. The summed E-state index contributed by atoms with van der Waals surface area (Å²) in [7, 11) is -0.582. The number of amides is 1. The van der Waals surface area contributed by atoms with E-state index in [0.29, 0.717) is 23.1 Å². The molecule has 1 N–H and O–H groups in total. The first kappa shape index (κ1) is 17.4. The molecule has 0 aliphatic carbocycles. The minimum absolute atomic E-state index is 0.0807. The summed E-state index contributed by atoms with van der Waals surface area (Å²) in [6.45, 7) is 4.09. The molecule has 122 valence electrons. The predicted molar refractivity (Wildman–Crippen MR) is 88.4 cm³/mol. The van der Waals surface area contributed by atoms with Gasteiger partial charge < -0.3 is 10.2 Å². The van der Waals surface area contributed by atoms with Crippen molar-refractivity contribution in [2.45, 2.75) is 17.9 Å². The van der Waals surface area contributed by atoms with E-state index >= 15 is 0 Å². The van der Waals surface area contributed by atoms with Crippen LogP contribution in [0.5, 0.6) is 0 Å². The molecule has 1 atom stereocenters. The fraction of sp³-hybridized carbons (Fsp3) is 0.500. The first-order valence-electron chi connectivity index (χ1n) is 6.98. The van der Waals surface area contributed by atoms with Crippen LogP contribution in [0.15, 0.2) is 27.6 Å². The van der Waals surface area contributed by atoms with Crippen LogP contribution in [0.1, 0.15) is 17.3 Å². The molecule has 2 rings (SSSR count). The second-order valence-corrected chi connectivity index (χ2v) is 8.51. The van der Waals surface area contributed by atoms with Gasteiger partial charge in [-0.2, -0.15) is 0 Å². The maximum absolute atomic E-state index is 12.5. The van der Waals surface area contributed by atoms with Crippen LogP contribution in [-0.4, -0.2) is 63.3 Å². The van der Waals surface area contributed by atoms with Gasteiger partial charge in [0.05, 0.1) is 4.90 Å². The highest BCUT2D eigenvalue weighted by Gasteiger charge is 2.24. The predicted octanol–water partition coefficient (Wildman–Crippen LogP) is 1.13. The zero-order chi connectivity index (χ0) is 16.5. The fourth-order valence-corrected chi connectivity index (χ4v) is 4.27. The lowest BCUT2D eigenvalue weighted by molar-refractivity contribution is 0.0709. The summed E-state index contributed by atoms with van der Waals surface area (Å²) >= 11 is 3.27. The van der Waals surface area contributed by atoms with E-state index in [4.69, 9.17) is 0 Å². The molecule has 1 heterocycles. The van der Waals surface area contributed by atoms with E-state index in [-0.39, 0.29) is 16.8 Å². The highest BCUT2D eigenvalue weighted by atomic mass is 79.9. The van der Waals surface area contributed by atoms with Crippen LogP contribution >= 0.6 is 15.9 Å². The molecule has 1 saturated heterocycles. The van der Waals surface area contributed by atoms with Gasteiger partial charge in [-0.15, -0.1) is 0 Å². The third kappa shape index (κ3) is 3.51. The van der Waals surface area contributed by atoms with E-state index in [1.165, 1.54) is 20.2 Å². The van der Waals surface area contributed by atoms with E-state index in [1.54, 1.807) is 17.0 Å². The molecule has 1 fully saturated rings. The highest BCUT2D eigenvalue weighted by molar-refractivity contribution is 9.10. The zero-order valence-corrected chi connectivity index (χ0v) is 15.2. The summed E-state index contributed by atoms with van der Waals surface area (Å²) in [5, 5.41) is 3.28. The summed E-state index contributed by atoms with van der Waals surface area (Å²) in [6.07, 6.45) is 0. The Labute approximate surface area is 139 Å². The van der Waals surface area contributed by atoms with Crippen LogP contribution in [-0.2, 0) is 10.0 Å². The molecule has 8 heteroatoms. The zero-order valence-electron chi connectivity index (χ0n) is 12.8. The fourth-order valence-electron chi connectivity index (χ4n) is 2.34. The van der Waals surface area contributed by atoms with E-state index < -0.39 is 10.0 Å². The number of halogens is 1. The molecule has 0 bridgehead atoms. The van der Waals surface area contributed by atoms with E-state index in [9.17, 15) is 13.2 Å². The molecular weight excluding hydrogens is 370 g/mol. The van der Waals surface area contributed by atoms with Crippen molar-refractivity contribution >= 4 is 31.9 Å². The molecule has 0 spiro atoms. The van der Waals surface area contributed by atoms with Crippen molar-refractivity contribution in [3.63, 3.8) is 0 Å². The van der Waals surface area contributed by atoms with E-state index in [0.717, 1.165) is 10.8 Å². The Morgan fingerprint density at radius 3 is 2.64 bits per heavy atom. The Bertz CT molecular complexity index is 676. The number of nitrogens with zero attached hydrogens (tertiary/aromatic N) is 2. The van der Waals surface area contributed by atoms with Gasteiger partial charge in [0.25, 0.3) is 5.91 Å². The number of nitrogens with one attached hydrogen (secondary N) is 1. The number of hydrogen-bond donors (Lipinski definition) is 1. The van der Waals surface area contributed by atoms with E-state index in [2.05, 4.69) is 21.2 Å². The molecule has 0 saturated carbocycles. The number of rotatable bonds is 3. The molecular formula is C14H20BrN3O3S. The van der Waals surface area contributed by atoms with Crippen molar-refractivity contribution in [1.82, 2.24) is 14.5 Å². The summed E-state index contributed by atoms with van der Waals surface area (Å²) in [5.74, 6) is -0.0807. The van der Waals surface area contributed by atoms with Gasteiger partial charge in [0, 0.05) is 49.8 Å². The summed E-state index contributed by atoms with van der Waals surface area (Å²) < 4.78 is 25.9. The molecule has 1 aromatic rings. The minimum atomic E-state index is -3.53. The van der Waals surface area contributed by atoms with Crippen molar-refractivity contribution in [3.8, 4) is 0 Å². The Morgan fingerprint density at radius 2 is 2.09 bits per heavy atom. The quantitative estimate of drug-likeness (QED) is 0.840. The summed E-state index contributed by atoms with van der Waals surface area (Å²) in [5.41, 5.74) is 0.485. The maximum atomic E-state index is 12.5. The van der Waals surface area contributed by atoms with Gasteiger partial charge >= 0.3 is 0 Å². The maximum Gasteiger partial charge on any atom is 0.253 e. The molecule has 1 aliphatic rings. The normalized spacial score (nSPS) is 19.5. The first-order valence-corrected chi connectivity index (χ1v) is 9.21. The van der Waals surface area contributed by atoms with Crippen LogP contribution in [0.25, 0.3) is 0 Å². The number of carbonyl (C=O) groups is 1. The lowest BCUT2D eigenvalue weighted by Crippen LogP contribution is -2.51. The second kappa shape index (κ2) is 6.66. The molecule has 1 unspecified atom stereocenters. The molecule has 1 aliphatic heterocycles. The average Bonchev–Trinajstić information content (AvgIpc) is 2.45. The molecule has 1 amide bonds. The van der Waals surface area contributed by atoms with Gasteiger partial charge in [-0.1, -0.05) is 0 Å². The molecule has 6 nitrogen and oxygen atoms in total. The van der Waals surface area contributed by atoms with Crippen LogP contribution in [0.2, 0.25) is 0 Å². The van der Waals surface area contributed by atoms with Crippen molar-refractivity contribution in [2.24, 2.45) is 0 Å². The smallest absolute Gasteiger partial charge is 0.253 e.